The Morgan fingerprint density at radius 1 is 1.50 bits per heavy atom. The monoisotopic (exact) mass is 331 g/mol. The molecular weight excluding hydrogens is 306 g/mol. The Hall–Kier alpha value is -2.08. The van der Waals surface area contributed by atoms with Crippen LogP contribution in [0.1, 0.15) is 43.5 Å². The van der Waals surface area contributed by atoms with Gasteiger partial charge in [0, 0.05) is 12.6 Å². The molecule has 1 N–H and O–H groups in total. The van der Waals surface area contributed by atoms with E-state index in [1.165, 1.54) is 6.42 Å². The Labute approximate surface area is 142 Å². The summed E-state index contributed by atoms with van der Waals surface area (Å²) >= 11 is 0. The fourth-order valence-corrected chi connectivity index (χ4v) is 3.04. The standard InChI is InChI=1S/C18H25N3O3/c1-18(2)9-7-13(24-12-18)8-10-19-17(22)14-11-20-21-15(14)5-4-6-16(21)23-3/h4-6,11,13H,7-10,12H2,1-3H3,(H,19,22). The predicted octanol–water partition coefficient (Wildman–Crippen LogP) is 2.67. The summed E-state index contributed by atoms with van der Waals surface area (Å²) < 4.78 is 12.8. The van der Waals surface area contributed by atoms with Crippen molar-refractivity contribution in [3.8, 4) is 5.88 Å². The lowest BCUT2D eigenvalue weighted by atomic mass is 9.85. The molecule has 1 fully saturated rings. The number of ether oxygens (including phenoxy) is 2. The number of rotatable bonds is 5. The molecule has 6 nitrogen and oxygen atoms in total. The number of nitrogens with zero attached hydrogens (tertiary/aromatic N) is 2. The highest BCUT2D eigenvalue weighted by Crippen LogP contribution is 2.30. The molecule has 0 bridgehead atoms. The summed E-state index contributed by atoms with van der Waals surface area (Å²) in [6, 6.07) is 5.52. The number of carbonyl (C=O) groups excluding carboxylic acids is 1. The molecule has 1 saturated heterocycles. The smallest absolute Gasteiger partial charge is 0.255 e. The zero-order valence-corrected chi connectivity index (χ0v) is 14.5. The molecule has 1 aliphatic rings. The van der Waals surface area contributed by atoms with E-state index in [4.69, 9.17) is 9.47 Å². The molecule has 0 radical (unpaired) electrons. The maximum Gasteiger partial charge on any atom is 0.255 e. The molecule has 0 aliphatic carbocycles. The third kappa shape index (κ3) is 3.53. The van der Waals surface area contributed by atoms with E-state index in [1.807, 2.05) is 18.2 Å². The van der Waals surface area contributed by atoms with E-state index < -0.39 is 0 Å². The quantitative estimate of drug-likeness (QED) is 0.915. The van der Waals surface area contributed by atoms with Gasteiger partial charge in [-0.25, -0.2) is 4.52 Å². The van der Waals surface area contributed by atoms with Gasteiger partial charge in [0.25, 0.3) is 5.91 Å². The number of hydrogen-bond donors (Lipinski definition) is 1. The fourth-order valence-electron chi connectivity index (χ4n) is 3.04. The van der Waals surface area contributed by atoms with Crippen LogP contribution in [0, 0.1) is 5.41 Å². The normalized spacial score (nSPS) is 20.0. The minimum Gasteiger partial charge on any atom is -0.481 e. The minimum absolute atomic E-state index is 0.116. The van der Waals surface area contributed by atoms with Crippen LogP contribution in [-0.4, -0.2) is 41.9 Å². The number of hydrogen-bond acceptors (Lipinski definition) is 4. The van der Waals surface area contributed by atoms with Crippen LogP contribution in [0.2, 0.25) is 0 Å². The lowest BCUT2D eigenvalue weighted by molar-refractivity contribution is -0.0506. The van der Waals surface area contributed by atoms with E-state index in [0.717, 1.165) is 25.0 Å². The zero-order valence-electron chi connectivity index (χ0n) is 14.5. The van der Waals surface area contributed by atoms with E-state index in [0.29, 0.717) is 18.0 Å². The van der Waals surface area contributed by atoms with Crippen LogP contribution in [0.25, 0.3) is 5.52 Å². The maximum atomic E-state index is 12.4. The summed E-state index contributed by atoms with van der Waals surface area (Å²) in [6.07, 6.45) is 4.87. The Bertz CT molecular complexity index is 713. The van der Waals surface area contributed by atoms with Gasteiger partial charge < -0.3 is 14.8 Å². The van der Waals surface area contributed by atoms with Gasteiger partial charge in [0.15, 0.2) is 0 Å². The average molecular weight is 331 g/mol. The van der Waals surface area contributed by atoms with Crippen molar-refractivity contribution in [2.24, 2.45) is 5.41 Å². The number of pyridine rings is 1. The molecule has 1 amide bonds. The maximum absolute atomic E-state index is 12.4. The summed E-state index contributed by atoms with van der Waals surface area (Å²) in [7, 11) is 1.58. The van der Waals surface area contributed by atoms with E-state index in [-0.39, 0.29) is 17.4 Å². The predicted molar refractivity (Wildman–Crippen MR) is 91.4 cm³/mol. The Morgan fingerprint density at radius 2 is 2.33 bits per heavy atom. The van der Waals surface area contributed by atoms with Crippen LogP contribution < -0.4 is 10.1 Å². The number of nitrogens with one attached hydrogen (secondary N) is 1. The molecule has 3 rings (SSSR count). The minimum atomic E-state index is -0.116. The van der Waals surface area contributed by atoms with Gasteiger partial charge in [0.1, 0.15) is 0 Å². The number of amides is 1. The number of fused-ring (bicyclic) bond motifs is 1. The second-order valence-corrected chi connectivity index (χ2v) is 7.10. The van der Waals surface area contributed by atoms with Gasteiger partial charge in [-0.3, -0.25) is 4.79 Å². The van der Waals surface area contributed by atoms with E-state index in [2.05, 4.69) is 24.3 Å². The second kappa shape index (κ2) is 6.81. The van der Waals surface area contributed by atoms with Gasteiger partial charge in [-0.15, -0.1) is 0 Å². The molecular formula is C18H25N3O3. The highest BCUT2D eigenvalue weighted by molar-refractivity contribution is 6.00. The molecule has 0 spiro atoms. The topological polar surface area (TPSA) is 64.9 Å². The average Bonchev–Trinajstić information content (AvgIpc) is 3.00. The third-order valence-corrected chi connectivity index (χ3v) is 4.57. The Kier molecular flexibility index (Phi) is 4.76. The molecule has 24 heavy (non-hydrogen) atoms. The highest BCUT2D eigenvalue weighted by Gasteiger charge is 2.27. The third-order valence-electron chi connectivity index (χ3n) is 4.57. The molecule has 0 aromatic carbocycles. The summed E-state index contributed by atoms with van der Waals surface area (Å²) in [5.41, 5.74) is 1.57. The molecule has 130 valence electrons. The fraction of sp³-hybridized carbons (Fsp3) is 0.556. The van der Waals surface area contributed by atoms with Gasteiger partial charge in [-0.1, -0.05) is 19.9 Å². The van der Waals surface area contributed by atoms with E-state index >= 15 is 0 Å². The molecule has 6 heteroatoms. The molecule has 1 unspecified atom stereocenters. The Balaban J connectivity index is 1.56. The number of aromatic nitrogens is 2. The molecule has 1 aliphatic heterocycles. The van der Waals surface area contributed by atoms with Crippen molar-refractivity contribution < 1.29 is 14.3 Å². The molecule has 2 aromatic heterocycles. The van der Waals surface area contributed by atoms with Gasteiger partial charge in [-0.2, -0.15) is 5.10 Å². The SMILES string of the molecule is COc1cccc2c(C(=O)NCCC3CCC(C)(C)CO3)cnn12. The lowest BCUT2D eigenvalue weighted by Crippen LogP contribution is -2.34. The second-order valence-electron chi connectivity index (χ2n) is 7.10. The number of methoxy groups -OCH3 is 1. The number of carbonyl (C=O) groups is 1. The summed E-state index contributed by atoms with van der Waals surface area (Å²) in [5, 5.41) is 7.20. The van der Waals surface area contributed by atoms with Crippen LogP contribution >= 0.6 is 0 Å². The first kappa shape index (κ1) is 16.8. The van der Waals surface area contributed by atoms with Crippen LogP contribution in [0.5, 0.6) is 5.88 Å². The van der Waals surface area contributed by atoms with Crippen LogP contribution in [0.15, 0.2) is 24.4 Å². The highest BCUT2D eigenvalue weighted by atomic mass is 16.5. The first-order valence-electron chi connectivity index (χ1n) is 8.41. The molecule has 3 heterocycles. The van der Waals surface area contributed by atoms with Crippen molar-refractivity contribution in [3.05, 3.63) is 30.0 Å². The van der Waals surface area contributed by atoms with Crippen molar-refractivity contribution in [3.63, 3.8) is 0 Å². The largest absolute Gasteiger partial charge is 0.481 e. The van der Waals surface area contributed by atoms with Crippen molar-refractivity contribution >= 4 is 11.4 Å². The van der Waals surface area contributed by atoms with Crippen molar-refractivity contribution in [2.45, 2.75) is 39.2 Å². The first-order chi connectivity index (χ1) is 11.5. The van der Waals surface area contributed by atoms with Gasteiger partial charge in [0.05, 0.1) is 37.1 Å². The molecule has 2 aromatic rings. The van der Waals surface area contributed by atoms with Crippen LogP contribution in [-0.2, 0) is 4.74 Å². The van der Waals surface area contributed by atoms with Crippen molar-refractivity contribution in [1.82, 2.24) is 14.9 Å². The Morgan fingerprint density at radius 3 is 3.04 bits per heavy atom. The van der Waals surface area contributed by atoms with Gasteiger partial charge >= 0.3 is 0 Å². The molecule has 1 atom stereocenters. The van der Waals surface area contributed by atoms with Crippen molar-refractivity contribution in [1.29, 1.82) is 0 Å². The van der Waals surface area contributed by atoms with E-state index in [1.54, 1.807) is 17.8 Å². The van der Waals surface area contributed by atoms with Gasteiger partial charge in [-0.05, 0) is 30.7 Å². The van der Waals surface area contributed by atoms with Gasteiger partial charge in [0.2, 0.25) is 5.88 Å². The summed E-state index contributed by atoms with van der Waals surface area (Å²) in [4.78, 5) is 12.4. The van der Waals surface area contributed by atoms with Crippen LogP contribution in [0.3, 0.4) is 0 Å². The summed E-state index contributed by atoms with van der Waals surface area (Å²) in [6.45, 7) is 5.85. The zero-order chi connectivity index (χ0) is 17.2. The first-order valence-corrected chi connectivity index (χ1v) is 8.41. The summed E-state index contributed by atoms with van der Waals surface area (Å²) in [5.74, 6) is 0.485. The van der Waals surface area contributed by atoms with E-state index in [9.17, 15) is 4.79 Å². The molecule has 0 saturated carbocycles. The lowest BCUT2D eigenvalue weighted by Gasteiger charge is -2.34. The van der Waals surface area contributed by atoms with Crippen LogP contribution in [0.4, 0.5) is 0 Å². The van der Waals surface area contributed by atoms with Crippen molar-refractivity contribution in [2.75, 3.05) is 20.3 Å².